The molecule has 110 valence electrons. The minimum Gasteiger partial charge on any atom is -0.497 e. The van der Waals surface area contributed by atoms with Gasteiger partial charge in [-0.2, -0.15) is 0 Å². The SMILES string of the molecule is COc1ccc(NC(=O)C(=O)NCCCCCO)cc1. The lowest BCUT2D eigenvalue weighted by Crippen LogP contribution is -2.35. The number of amides is 2. The molecule has 1 aromatic carbocycles. The maximum absolute atomic E-state index is 11.6. The molecule has 1 rings (SSSR count). The first kappa shape index (κ1) is 16.0. The van der Waals surface area contributed by atoms with Gasteiger partial charge in [-0.25, -0.2) is 0 Å². The molecule has 3 N–H and O–H groups in total. The molecule has 1 aromatic rings. The van der Waals surface area contributed by atoms with Crippen molar-refractivity contribution in [3.8, 4) is 5.75 Å². The number of methoxy groups -OCH3 is 1. The zero-order chi connectivity index (χ0) is 14.8. The van der Waals surface area contributed by atoms with Crippen molar-refractivity contribution in [1.82, 2.24) is 5.32 Å². The summed E-state index contributed by atoms with van der Waals surface area (Å²) in [4.78, 5) is 23.1. The van der Waals surface area contributed by atoms with Gasteiger partial charge in [-0.15, -0.1) is 0 Å². The number of rotatable bonds is 7. The Morgan fingerprint density at radius 2 is 1.80 bits per heavy atom. The lowest BCUT2D eigenvalue weighted by molar-refractivity contribution is -0.136. The molecule has 0 spiro atoms. The molecule has 0 bridgehead atoms. The molecule has 0 fully saturated rings. The van der Waals surface area contributed by atoms with E-state index < -0.39 is 11.8 Å². The smallest absolute Gasteiger partial charge is 0.313 e. The molecule has 0 heterocycles. The Morgan fingerprint density at radius 3 is 2.40 bits per heavy atom. The first-order valence-electron chi connectivity index (χ1n) is 6.51. The predicted molar refractivity (Wildman–Crippen MR) is 75.6 cm³/mol. The van der Waals surface area contributed by atoms with E-state index in [1.54, 1.807) is 31.4 Å². The van der Waals surface area contributed by atoms with Crippen LogP contribution in [0.1, 0.15) is 19.3 Å². The van der Waals surface area contributed by atoms with E-state index in [9.17, 15) is 9.59 Å². The zero-order valence-electron chi connectivity index (χ0n) is 11.5. The van der Waals surface area contributed by atoms with Crippen LogP contribution in [0.3, 0.4) is 0 Å². The number of hydrogen-bond donors (Lipinski definition) is 3. The molecule has 0 saturated heterocycles. The van der Waals surface area contributed by atoms with Gasteiger partial charge in [0.2, 0.25) is 0 Å². The number of anilines is 1. The van der Waals surface area contributed by atoms with Gasteiger partial charge in [0.1, 0.15) is 5.75 Å². The maximum atomic E-state index is 11.6. The van der Waals surface area contributed by atoms with Crippen LogP contribution >= 0.6 is 0 Å². The molecule has 6 heteroatoms. The minimum absolute atomic E-state index is 0.145. The van der Waals surface area contributed by atoms with Crippen LogP contribution in [0.5, 0.6) is 5.75 Å². The second-order valence-electron chi connectivity index (χ2n) is 4.22. The molecule has 0 aliphatic carbocycles. The average molecular weight is 280 g/mol. The maximum Gasteiger partial charge on any atom is 0.313 e. The molecule has 0 aromatic heterocycles. The van der Waals surface area contributed by atoms with Crippen molar-refractivity contribution in [3.05, 3.63) is 24.3 Å². The van der Waals surface area contributed by atoms with Crippen molar-refractivity contribution in [2.24, 2.45) is 0 Å². The van der Waals surface area contributed by atoms with Gasteiger partial charge in [0.15, 0.2) is 0 Å². The Kier molecular flexibility index (Phi) is 7.13. The van der Waals surface area contributed by atoms with E-state index >= 15 is 0 Å². The van der Waals surface area contributed by atoms with Crippen molar-refractivity contribution < 1.29 is 19.4 Å². The third kappa shape index (κ3) is 5.71. The van der Waals surface area contributed by atoms with Gasteiger partial charge in [0.25, 0.3) is 0 Å². The molecule has 0 radical (unpaired) electrons. The Hall–Kier alpha value is -2.08. The molecule has 6 nitrogen and oxygen atoms in total. The van der Waals surface area contributed by atoms with Crippen molar-refractivity contribution in [3.63, 3.8) is 0 Å². The summed E-state index contributed by atoms with van der Waals surface area (Å²) in [6, 6.07) is 6.71. The second kappa shape index (κ2) is 8.92. The van der Waals surface area contributed by atoms with Crippen molar-refractivity contribution >= 4 is 17.5 Å². The molecule has 2 amide bonds. The van der Waals surface area contributed by atoms with Gasteiger partial charge in [-0.05, 0) is 43.5 Å². The van der Waals surface area contributed by atoms with Gasteiger partial charge >= 0.3 is 11.8 Å². The van der Waals surface area contributed by atoms with Gasteiger partial charge in [-0.1, -0.05) is 0 Å². The number of hydrogen-bond acceptors (Lipinski definition) is 4. The topological polar surface area (TPSA) is 87.7 Å². The number of aliphatic hydroxyl groups excluding tert-OH is 1. The highest BCUT2D eigenvalue weighted by Crippen LogP contribution is 2.14. The Morgan fingerprint density at radius 1 is 1.10 bits per heavy atom. The number of carbonyl (C=O) groups excluding carboxylic acids is 2. The number of carbonyl (C=O) groups is 2. The number of benzene rings is 1. The van der Waals surface area contributed by atoms with E-state index in [1.807, 2.05) is 0 Å². The first-order chi connectivity index (χ1) is 9.67. The number of unbranched alkanes of at least 4 members (excludes halogenated alkanes) is 2. The third-order valence-corrected chi connectivity index (χ3v) is 2.67. The molecule has 0 aliphatic heterocycles. The second-order valence-corrected chi connectivity index (χ2v) is 4.22. The van der Waals surface area contributed by atoms with Crippen LogP contribution in [-0.4, -0.2) is 37.2 Å². The van der Waals surface area contributed by atoms with Crippen molar-refractivity contribution in [2.75, 3.05) is 25.6 Å². The van der Waals surface area contributed by atoms with Crippen LogP contribution in [0, 0.1) is 0 Å². The average Bonchev–Trinajstić information content (AvgIpc) is 2.47. The highest BCUT2D eigenvalue weighted by atomic mass is 16.5. The van der Waals surface area contributed by atoms with Crippen LogP contribution in [0.2, 0.25) is 0 Å². The fraction of sp³-hybridized carbons (Fsp3) is 0.429. The summed E-state index contributed by atoms with van der Waals surface area (Å²) < 4.78 is 5.00. The van der Waals surface area contributed by atoms with Gasteiger partial charge in [0.05, 0.1) is 7.11 Å². The van der Waals surface area contributed by atoms with Gasteiger partial charge < -0.3 is 20.5 Å². The van der Waals surface area contributed by atoms with E-state index in [2.05, 4.69) is 10.6 Å². The molecule has 0 aliphatic rings. The largest absolute Gasteiger partial charge is 0.497 e. The van der Waals surface area contributed by atoms with Crippen LogP contribution in [-0.2, 0) is 9.59 Å². The van der Waals surface area contributed by atoms with E-state index in [0.717, 1.165) is 12.8 Å². The standard InChI is InChI=1S/C14H20N2O4/c1-20-12-7-5-11(6-8-12)16-14(19)13(18)15-9-3-2-4-10-17/h5-8,17H,2-4,9-10H2,1H3,(H,15,18)(H,16,19). The van der Waals surface area contributed by atoms with Crippen molar-refractivity contribution in [2.45, 2.75) is 19.3 Å². The predicted octanol–water partition coefficient (Wildman–Crippen LogP) is 0.912. The Bertz CT molecular complexity index is 431. The number of nitrogens with one attached hydrogen (secondary N) is 2. The summed E-state index contributed by atoms with van der Waals surface area (Å²) in [5.41, 5.74) is 0.534. The van der Waals surface area contributed by atoms with E-state index in [0.29, 0.717) is 24.4 Å². The number of aliphatic hydroxyl groups is 1. The zero-order valence-corrected chi connectivity index (χ0v) is 11.5. The molecule has 0 atom stereocenters. The van der Waals surface area contributed by atoms with Crippen LogP contribution in [0.15, 0.2) is 24.3 Å². The Labute approximate surface area is 118 Å². The fourth-order valence-corrected chi connectivity index (χ4v) is 1.56. The number of ether oxygens (including phenoxy) is 1. The Balaban J connectivity index is 2.31. The monoisotopic (exact) mass is 280 g/mol. The summed E-state index contributed by atoms with van der Waals surface area (Å²) in [5.74, 6) is -0.682. The van der Waals surface area contributed by atoms with Crippen molar-refractivity contribution in [1.29, 1.82) is 0 Å². The summed E-state index contributed by atoms with van der Waals surface area (Å²) >= 11 is 0. The quantitative estimate of drug-likeness (QED) is 0.512. The first-order valence-corrected chi connectivity index (χ1v) is 6.51. The van der Waals surface area contributed by atoms with E-state index in [4.69, 9.17) is 9.84 Å². The fourth-order valence-electron chi connectivity index (χ4n) is 1.56. The van der Waals surface area contributed by atoms with Crippen LogP contribution in [0.25, 0.3) is 0 Å². The molecular formula is C14H20N2O4. The normalized spacial score (nSPS) is 9.90. The minimum atomic E-state index is -0.697. The summed E-state index contributed by atoms with van der Waals surface area (Å²) in [6.07, 6.45) is 2.26. The molecule has 0 unspecified atom stereocenters. The highest BCUT2D eigenvalue weighted by Gasteiger charge is 2.12. The van der Waals surface area contributed by atoms with Crippen LogP contribution < -0.4 is 15.4 Å². The lowest BCUT2D eigenvalue weighted by atomic mass is 10.2. The van der Waals surface area contributed by atoms with Gasteiger partial charge in [0, 0.05) is 18.8 Å². The van der Waals surface area contributed by atoms with E-state index in [1.165, 1.54) is 0 Å². The van der Waals surface area contributed by atoms with E-state index in [-0.39, 0.29) is 6.61 Å². The van der Waals surface area contributed by atoms with Crippen LogP contribution in [0.4, 0.5) is 5.69 Å². The lowest BCUT2D eigenvalue weighted by Gasteiger charge is -2.07. The summed E-state index contributed by atoms with van der Waals surface area (Å²) in [6.45, 7) is 0.570. The van der Waals surface area contributed by atoms with Gasteiger partial charge in [-0.3, -0.25) is 9.59 Å². The molecule has 20 heavy (non-hydrogen) atoms. The molecule has 0 saturated carbocycles. The highest BCUT2D eigenvalue weighted by molar-refractivity contribution is 6.39. The third-order valence-electron chi connectivity index (χ3n) is 2.67. The summed E-state index contributed by atoms with van der Waals surface area (Å²) in [5, 5.41) is 13.6. The summed E-state index contributed by atoms with van der Waals surface area (Å²) in [7, 11) is 1.55. The molecular weight excluding hydrogens is 260 g/mol.